The largest absolute Gasteiger partial charge is 0.492 e. The molecule has 134 valence electrons. The highest BCUT2D eigenvalue weighted by molar-refractivity contribution is 6.44. The number of ether oxygens (including phenoxy) is 1. The second kappa shape index (κ2) is 7.58. The van der Waals surface area contributed by atoms with Crippen LogP contribution in [0.3, 0.4) is 0 Å². The van der Waals surface area contributed by atoms with Crippen molar-refractivity contribution in [1.29, 1.82) is 0 Å². The van der Waals surface area contributed by atoms with E-state index < -0.39 is 23.9 Å². The molecular weight excluding hydrogens is 356 g/mol. The Morgan fingerprint density at radius 2 is 1.62 bits per heavy atom. The maximum absolute atomic E-state index is 12.6. The zero-order chi connectivity index (χ0) is 18.7. The van der Waals surface area contributed by atoms with Gasteiger partial charge in [0.2, 0.25) is 0 Å². The zero-order valence-corrected chi connectivity index (χ0v) is 14.8. The van der Waals surface area contributed by atoms with E-state index in [0.29, 0.717) is 10.8 Å². The first-order valence-corrected chi connectivity index (χ1v) is 8.49. The molecule has 26 heavy (non-hydrogen) atoms. The van der Waals surface area contributed by atoms with Gasteiger partial charge in [0.1, 0.15) is 12.4 Å². The summed E-state index contributed by atoms with van der Waals surface area (Å²) in [6.07, 6.45) is 0. The van der Waals surface area contributed by atoms with Gasteiger partial charge < -0.3 is 4.74 Å². The van der Waals surface area contributed by atoms with Crippen LogP contribution in [0.2, 0.25) is 5.02 Å². The summed E-state index contributed by atoms with van der Waals surface area (Å²) in [5.74, 6) is -1.09. The van der Waals surface area contributed by atoms with E-state index in [2.05, 4.69) is 0 Å². The monoisotopic (exact) mass is 372 g/mol. The summed E-state index contributed by atoms with van der Waals surface area (Å²) < 4.78 is 5.50. The van der Waals surface area contributed by atoms with Gasteiger partial charge >= 0.3 is 17.8 Å². The highest BCUT2D eigenvalue weighted by Crippen LogP contribution is 2.26. The first-order valence-electron chi connectivity index (χ1n) is 8.11. The molecule has 0 saturated carbocycles. The van der Waals surface area contributed by atoms with E-state index >= 15 is 0 Å². The molecule has 7 heteroatoms. The second-order valence-corrected chi connectivity index (χ2v) is 6.24. The number of nitrogens with zero attached hydrogens (tertiary/aromatic N) is 2. The van der Waals surface area contributed by atoms with Crippen molar-refractivity contribution in [3.63, 3.8) is 0 Å². The third kappa shape index (κ3) is 3.55. The average molecular weight is 373 g/mol. The van der Waals surface area contributed by atoms with Gasteiger partial charge in [0, 0.05) is 5.02 Å². The summed E-state index contributed by atoms with van der Waals surface area (Å²) >= 11 is 5.80. The van der Waals surface area contributed by atoms with Crippen LogP contribution in [-0.2, 0) is 9.59 Å². The highest BCUT2D eigenvalue weighted by Gasteiger charge is 2.46. The molecule has 0 aliphatic carbocycles. The summed E-state index contributed by atoms with van der Waals surface area (Å²) in [6, 6.07) is 14.7. The van der Waals surface area contributed by atoms with E-state index in [9.17, 15) is 14.4 Å². The van der Waals surface area contributed by atoms with Gasteiger partial charge in [0.15, 0.2) is 0 Å². The van der Waals surface area contributed by atoms with E-state index in [1.54, 1.807) is 31.2 Å². The molecule has 6 nitrogen and oxygen atoms in total. The molecule has 0 bridgehead atoms. The first kappa shape index (κ1) is 17.9. The maximum Gasteiger partial charge on any atom is 0.334 e. The van der Waals surface area contributed by atoms with Gasteiger partial charge in [0.05, 0.1) is 12.6 Å². The number of hydrogen-bond donors (Lipinski definition) is 0. The van der Waals surface area contributed by atoms with Crippen LogP contribution in [0.15, 0.2) is 54.6 Å². The van der Waals surface area contributed by atoms with E-state index in [4.69, 9.17) is 16.3 Å². The van der Waals surface area contributed by atoms with Gasteiger partial charge in [-0.25, -0.2) is 9.69 Å². The number of hydrogen-bond acceptors (Lipinski definition) is 4. The van der Waals surface area contributed by atoms with Crippen molar-refractivity contribution < 1.29 is 19.1 Å². The van der Waals surface area contributed by atoms with Crippen molar-refractivity contribution in [2.45, 2.75) is 13.0 Å². The molecule has 4 amide bonds. The van der Waals surface area contributed by atoms with E-state index in [1.165, 1.54) is 0 Å². The Balaban J connectivity index is 1.65. The lowest BCUT2D eigenvalue weighted by molar-refractivity contribution is -0.144. The second-order valence-electron chi connectivity index (χ2n) is 5.80. The molecule has 0 N–H and O–H groups in total. The number of benzene rings is 2. The lowest BCUT2D eigenvalue weighted by Gasteiger charge is -2.22. The quantitative estimate of drug-likeness (QED) is 0.576. The van der Waals surface area contributed by atoms with Gasteiger partial charge in [0.25, 0.3) is 0 Å². The molecular formula is C19H17ClN2O4. The molecule has 0 radical (unpaired) electrons. The fourth-order valence-electron chi connectivity index (χ4n) is 2.73. The number of carbonyl (C=O) groups is 3. The minimum atomic E-state index is -0.836. The predicted octanol–water partition coefficient (Wildman–Crippen LogP) is 3.27. The number of amides is 4. The number of imide groups is 2. The lowest BCUT2D eigenvalue weighted by Crippen LogP contribution is -2.37. The maximum atomic E-state index is 12.6. The average Bonchev–Trinajstić information content (AvgIpc) is 2.87. The summed E-state index contributed by atoms with van der Waals surface area (Å²) in [6.45, 7) is 1.79. The number of urea groups is 1. The molecule has 1 atom stereocenters. The molecule has 3 rings (SSSR count). The lowest BCUT2D eigenvalue weighted by atomic mass is 10.1. The van der Waals surface area contributed by atoms with Crippen LogP contribution < -0.4 is 4.74 Å². The Morgan fingerprint density at radius 1 is 0.962 bits per heavy atom. The van der Waals surface area contributed by atoms with Gasteiger partial charge in [-0.15, -0.1) is 0 Å². The summed E-state index contributed by atoms with van der Waals surface area (Å²) in [5.41, 5.74) is 0.779. The van der Waals surface area contributed by atoms with Crippen LogP contribution >= 0.6 is 11.6 Å². The topological polar surface area (TPSA) is 66.9 Å². The third-order valence-electron chi connectivity index (χ3n) is 4.15. The molecule has 0 aromatic heterocycles. The van der Waals surface area contributed by atoms with Gasteiger partial charge in [-0.2, -0.15) is 0 Å². The van der Waals surface area contributed by atoms with Crippen LogP contribution in [0, 0.1) is 0 Å². The fourth-order valence-corrected chi connectivity index (χ4v) is 2.85. The normalized spacial score (nSPS) is 15.5. The Kier molecular flexibility index (Phi) is 5.23. The Labute approximate surface area is 155 Å². The number of halogens is 1. The standard InChI is InChI=1S/C19H17ClN2O4/c1-13(14-5-3-2-4-6-14)22-18(24)17(23)21(19(22)25)11-12-26-16-9-7-15(20)8-10-16/h2-10,13H,11-12H2,1H3. The first-order chi connectivity index (χ1) is 12.5. The number of carbonyl (C=O) groups excluding carboxylic acids is 3. The van der Waals surface area contributed by atoms with Crippen molar-refractivity contribution in [3.05, 3.63) is 65.2 Å². The smallest absolute Gasteiger partial charge is 0.334 e. The summed E-state index contributed by atoms with van der Waals surface area (Å²) in [7, 11) is 0. The minimum absolute atomic E-state index is 0.00988. The van der Waals surface area contributed by atoms with E-state index in [-0.39, 0.29) is 13.2 Å². The van der Waals surface area contributed by atoms with Crippen LogP contribution in [0.25, 0.3) is 0 Å². The Hall–Kier alpha value is -2.86. The summed E-state index contributed by atoms with van der Waals surface area (Å²) in [5, 5.41) is 0.582. The van der Waals surface area contributed by atoms with Crippen LogP contribution in [0.1, 0.15) is 18.5 Å². The van der Waals surface area contributed by atoms with Gasteiger partial charge in [-0.05, 0) is 36.8 Å². The molecule has 1 unspecified atom stereocenters. The van der Waals surface area contributed by atoms with E-state index in [0.717, 1.165) is 15.4 Å². The Bertz CT molecular complexity index is 823. The van der Waals surface area contributed by atoms with Crippen molar-refractivity contribution in [2.24, 2.45) is 0 Å². The van der Waals surface area contributed by atoms with E-state index in [1.807, 2.05) is 30.3 Å². The van der Waals surface area contributed by atoms with Crippen molar-refractivity contribution >= 4 is 29.4 Å². The minimum Gasteiger partial charge on any atom is -0.492 e. The highest BCUT2D eigenvalue weighted by atomic mass is 35.5. The molecule has 1 fully saturated rings. The fraction of sp³-hybridized carbons (Fsp3) is 0.211. The van der Waals surface area contributed by atoms with Gasteiger partial charge in [-0.1, -0.05) is 41.9 Å². The predicted molar refractivity (Wildman–Crippen MR) is 95.8 cm³/mol. The molecule has 1 aliphatic rings. The van der Waals surface area contributed by atoms with Crippen LogP contribution in [-0.4, -0.2) is 40.8 Å². The third-order valence-corrected chi connectivity index (χ3v) is 4.40. The van der Waals surface area contributed by atoms with Gasteiger partial charge in [-0.3, -0.25) is 14.5 Å². The van der Waals surface area contributed by atoms with Crippen LogP contribution in [0.5, 0.6) is 5.75 Å². The SMILES string of the molecule is CC(c1ccccc1)N1C(=O)C(=O)N(CCOc2ccc(Cl)cc2)C1=O. The van der Waals surface area contributed by atoms with Crippen LogP contribution in [0.4, 0.5) is 4.79 Å². The summed E-state index contributed by atoms with van der Waals surface area (Å²) in [4.78, 5) is 38.9. The Morgan fingerprint density at radius 3 is 2.27 bits per heavy atom. The molecule has 1 heterocycles. The molecule has 1 aliphatic heterocycles. The van der Waals surface area contributed by atoms with Crippen molar-refractivity contribution in [1.82, 2.24) is 9.80 Å². The number of rotatable bonds is 6. The molecule has 2 aromatic carbocycles. The van der Waals surface area contributed by atoms with Crippen molar-refractivity contribution in [3.8, 4) is 5.75 Å². The molecule has 1 saturated heterocycles. The zero-order valence-electron chi connectivity index (χ0n) is 14.1. The van der Waals surface area contributed by atoms with Crippen molar-refractivity contribution in [2.75, 3.05) is 13.2 Å². The molecule has 2 aromatic rings. The molecule has 0 spiro atoms.